The summed E-state index contributed by atoms with van der Waals surface area (Å²) >= 11 is 0. The second-order valence-electron chi connectivity index (χ2n) is 6.25. The molecule has 4 aromatic carbocycles. The molecule has 3 heteroatoms. The Morgan fingerprint density at radius 2 is 1.54 bits per heavy atom. The van der Waals surface area contributed by atoms with Gasteiger partial charge in [0.2, 0.25) is 0 Å². The summed E-state index contributed by atoms with van der Waals surface area (Å²) in [4.78, 5) is 0. The van der Waals surface area contributed by atoms with Gasteiger partial charge in [0, 0.05) is 0 Å². The van der Waals surface area contributed by atoms with Crippen molar-refractivity contribution < 1.29 is 5.11 Å². The number of rotatable bonds is 3. The Balaban J connectivity index is 1.68. The van der Waals surface area contributed by atoms with Crippen molar-refractivity contribution in [3.05, 3.63) is 90.5 Å². The SMILES string of the molecule is Cc1cccc2cc(N=Nc3cc(-c4ccccc4)ccc3O)ccc12. The average Bonchev–Trinajstić information content (AvgIpc) is 2.68. The molecule has 1 N–H and O–H groups in total. The van der Waals surface area contributed by atoms with Crippen molar-refractivity contribution >= 4 is 22.1 Å². The lowest BCUT2D eigenvalue weighted by Crippen LogP contribution is -1.78. The highest BCUT2D eigenvalue weighted by Gasteiger charge is 2.04. The first-order chi connectivity index (χ1) is 12.7. The van der Waals surface area contributed by atoms with Crippen LogP contribution in [0.25, 0.3) is 21.9 Å². The molecule has 0 heterocycles. The fraction of sp³-hybridized carbons (Fsp3) is 0.0435. The number of aryl methyl sites for hydroxylation is 1. The van der Waals surface area contributed by atoms with Crippen LogP contribution in [0.15, 0.2) is 95.2 Å². The van der Waals surface area contributed by atoms with Gasteiger partial charge in [0.15, 0.2) is 0 Å². The Hall–Kier alpha value is -3.46. The molecule has 0 aromatic heterocycles. The van der Waals surface area contributed by atoms with Crippen LogP contribution in [-0.2, 0) is 0 Å². The third-order valence-electron chi connectivity index (χ3n) is 4.44. The molecule has 0 radical (unpaired) electrons. The van der Waals surface area contributed by atoms with Gasteiger partial charge in [-0.3, -0.25) is 0 Å². The molecule has 0 aliphatic carbocycles. The maximum Gasteiger partial charge on any atom is 0.143 e. The predicted molar refractivity (Wildman–Crippen MR) is 106 cm³/mol. The number of nitrogens with zero attached hydrogens (tertiary/aromatic N) is 2. The van der Waals surface area contributed by atoms with Crippen LogP contribution in [0.2, 0.25) is 0 Å². The number of hydrogen-bond acceptors (Lipinski definition) is 3. The van der Waals surface area contributed by atoms with Gasteiger partial charge in [-0.25, -0.2) is 0 Å². The van der Waals surface area contributed by atoms with Crippen LogP contribution in [0.1, 0.15) is 5.56 Å². The van der Waals surface area contributed by atoms with Gasteiger partial charge in [0.05, 0.1) is 5.69 Å². The molecule has 0 bridgehead atoms. The molecule has 0 unspecified atom stereocenters. The molecule has 0 aliphatic rings. The Morgan fingerprint density at radius 1 is 0.692 bits per heavy atom. The van der Waals surface area contributed by atoms with E-state index in [2.05, 4.69) is 35.4 Å². The zero-order chi connectivity index (χ0) is 17.9. The van der Waals surface area contributed by atoms with Crippen LogP contribution < -0.4 is 0 Å². The fourth-order valence-corrected chi connectivity index (χ4v) is 3.02. The highest BCUT2D eigenvalue weighted by atomic mass is 16.3. The molecule has 4 rings (SSSR count). The molecule has 0 fully saturated rings. The first kappa shape index (κ1) is 16.0. The van der Waals surface area contributed by atoms with Gasteiger partial charge < -0.3 is 5.11 Å². The maximum atomic E-state index is 10.1. The zero-order valence-electron chi connectivity index (χ0n) is 14.4. The van der Waals surface area contributed by atoms with Crippen molar-refractivity contribution in [3.8, 4) is 16.9 Å². The summed E-state index contributed by atoms with van der Waals surface area (Å²) in [5.74, 6) is 0.116. The average molecular weight is 338 g/mol. The van der Waals surface area contributed by atoms with Gasteiger partial charge in [0.25, 0.3) is 0 Å². The number of phenolic OH excluding ortho intramolecular Hbond substituents is 1. The molecule has 0 aliphatic heterocycles. The van der Waals surface area contributed by atoms with Gasteiger partial charge in [0.1, 0.15) is 11.4 Å². The summed E-state index contributed by atoms with van der Waals surface area (Å²) in [6.07, 6.45) is 0. The number of benzene rings is 4. The Labute approximate surface area is 152 Å². The number of aromatic hydroxyl groups is 1. The fourth-order valence-electron chi connectivity index (χ4n) is 3.02. The van der Waals surface area contributed by atoms with Gasteiger partial charge in [-0.15, -0.1) is 5.11 Å². The third-order valence-corrected chi connectivity index (χ3v) is 4.44. The van der Waals surface area contributed by atoms with Crippen LogP contribution in [0.4, 0.5) is 11.4 Å². The number of phenols is 1. The van der Waals surface area contributed by atoms with E-state index in [0.29, 0.717) is 5.69 Å². The van der Waals surface area contributed by atoms with Crippen molar-refractivity contribution in [3.63, 3.8) is 0 Å². The molecule has 0 atom stereocenters. The highest BCUT2D eigenvalue weighted by Crippen LogP contribution is 2.33. The van der Waals surface area contributed by atoms with E-state index < -0.39 is 0 Å². The van der Waals surface area contributed by atoms with Crippen LogP contribution >= 0.6 is 0 Å². The van der Waals surface area contributed by atoms with E-state index >= 15 is 0 Å². The summed E-state index contributed by atoms with van der Waals surface area (Å²) < 4.78 is 0. The van der Waals surface area contributed by atoms with Gasteiger partial charge in [-0.2, -0.15) is 5.11 Å². The summed E-state index contributed by atoms with van der Waals surface area (Å²) in [6, 6.07) is 27.6. The monoisotopic (exact) mass is 338 g/mol. The molecule has 0 saturated heterocycles. The van der Waals surface area contributed by atoms with Crippen LogP contribution in [0, 0.1) is 6.92 Å². The van der Waals surface area contributed by atoms with Crippen LogP contribution in [0.5, 0.6) is 5.75 Å². The largest absolute Gasteiger partial charge is 0.506 e. The Bertz CT molecular complexity index is 1100. The second kappa shape index (κ2) is 6.81. The van der Waals surface area contributed by atoms with Gasteiger partial charge in [-0.1, -0.05) is 60.7 Å². The van der Waals surface area contributed by atoms with E-state index in [9.17, 15) is 5.11 Å². The van der Waals surface area contributed by atoms with E-state index in [0.717, 1.165) is 22.2 Å². The van der Waals surface area contributed by atoms with Crippen molar-refractivity contribution in [2.75, 3.05) is 0 Å². The summed E-state index contributed by atoms with van der Waals surface area (Å²) in [5, 5.41) is 21.0. The van der Waals surface area contributed by atoms with E-state index in [1.54, 1.807) is 6.07 Å². The molecule has 0 spiro atoms. The lowest BCUT2D eigenvalue weighted by Gasteiger charge is -2.05. The van der Waals surface area contributed by atoms with Crippen LogP contribution in [0.3, 0.4) is 0 Å². The van der Waals surface area contributed by atoms with E-state index in [-0.39, 0.29) is 5.75 Å². The van der Waals surface area contributed by atoms with Crippen molar-refractivity contribution in [1.29, 1.82) is 0 Å². The summed E-state index contributed by atoms with van der Waals surface area (Å²) in [6.45, 7) is 2.09. The smallest absolute Gasteiger partial charge is 0.143 e. The maximum absolute atomic E-state index is 10.1. The quantitative estimate of drug-likeness (QED) is 0.404. The molecule has 26 heavy (non-hydrogen) atoms. The Morgan fingerprint density at radius 3 is 2.38 bits per heavy atom. The number of azo groups is 1. The Kier molecular flexibility index (Phi) is 4.20. The van der Waals surface area contributed by atoms with Crippen molar-refractivity contribution in [2.45, 2.75) is 6.92 Å². The topological polar surface area (TPSA) is 45.0 Å². The van der Waals surface area contributed by atoms with Gasteiger partial charge in [-0.05, 0) is 58.7 Å². The molecular weight excluding hydrogens is 320 g/mol. The number of fused-ring (bicyclic) bond motifs is 1. The minimum Gasteiger partial charge on any atom is -0.506 e. The standard InChI is InChI=1S/C23H18N2O/c1-16-6-5-9-19-14-20(11-12-21(16)19)24-25-22-15-18(10-13-23(22)26)17-7-3-2-4-8-17/h2-15,26H,1H3. The molecular formula is C23H18N2O. The van der Waals surface area contributed by atoms with Crippen LogP contribution in [-0.4, -0.2) is 5.11 Å². The molecule has 4 aromatic rings. The molecule has 0 saturated carbocycles. The lowest BCUT2D eigenvalue weighted by molar-refractivity contribution is 0.476. The second-order valence-corrected chi connectivity index (χ2v) is 6.25. The highest BCUT2D eigenvalue weighted by molar-refractivity contribution is 5.87. The molecule has 0 amide bonds. The van der Waals surface area contributed by atoms with E-state index in [1.807, 2.05) is 60.7 Å². The third kappa shape index (κ3) is 3.20. The van der Waals surface area contributed by atoms with E-state index in [1.165, 1.54) is 10.9 Å². The minimum atomic E-state index is 0.116. The number of hydrogen-bond donors (Lipinski definition) is 1. The summed E-state index contributed by atoms with van der Waals surface area (Å²) in [7, 11) is 0. The first-order valence-corrected chi connectivity index (χ1v) is 8.50. The molecule has 126 valence electrons. The lowest BCUT2D eigenvalue weighted by atomic mass is 10.0. The van der Waals surface area contributed by atoms with Crippen molar-refractivity contribution in [1.82, 2.24) is 0 Å². The first-order valence-electron chi connectivity index (χ1n) is 8.50. The minimum absolute atomic E-state index is 0.116. The van der Waals surface area contributed by atoms with Gasteiger partial charge >= 0.3 is 0 Å². The zero-order valence-corrected chi connectivity index (χ0v) is 14.4. The molecule has 3 nitrogen and oxygen atoms in total. The summed E-state index contributed by atoms with van der Waals surface area (Å²) in [5.41, 5.74) is 4.51. The van der Waals surface area contributed by atoms with Crippen molar-refractivity contribution in [2.24, 2.45) is 10.2 Å². The predicted octanol–water partition coefficient (Wildman–Crippen LogP) is 6.94. The normalized spacial score (nSPS) is 11.3. The van der Waals surface area contributed by atoms with E-state index in [4.69, 9.17) is 0 Å².